The molecule has 0 aliphatic carbocycles. The van der Waals surface area contributed by atoms with Gasteiger partial charge in [0.25, 0.3) is 0 Å². The molecular weight excluding hydrogens is 538 g/mol. The molecule has 3 N–H and O–H groups in total. The zero-order chi connectivity index (χ0) is 26.8. The number of nitrogens with zero attached hydrogens (tertiary/aromatic N) is 4. The Kier molecular flexibility index (Phi) is 9.85. The second-order valence-electron chi connectivity index (χ2n) is 10.1. The second-order valence-corrected chi connectivity index (χ2v) is 10.1. The van der Waals surface area contributed by atoms with Crippen LogP contribution in [0.5, 0.6) is 11.8 Å². The number of aromatic nitrogens is 3. The molecule has 2 fully saturated rings. The van der Waals surface area contributed by atoms with Crippen LogP contribution in [0.4, 0.5) is 10.2 Å². The third kappa shape index (κ3) is 6.26. The number of nitrogens with one attached hydrogen (secondary N) is 2. The number of fused-ring (bicyclic) bond motifs is 4. The molecule has 2 bridgehead atoms. The second kappa shape index (κ2) is 13.3. The summed E-state index contributed by atoms with van der Waals surface area (Å²) in [5.74, 6) is 0.117. The predicted molar refractivity (Wildman–Crippen MR) is 148 cm³/mol. The predicted octanol–water partition coefficient (Wildman–Crippen LogP) is 0.801. The van der Waals surface area contributed by atoms with Gasteiger partial charge in [0, 0.05) is 50.1 Å². The van der Waals surface area contributed by atoms with E-state index in [-0.39, 0.29) is 74.4 Å². The average Bonchev–Trinajstić information content (AvgIpc) is 3.29. The quantitative estimate of drug-likeness (QED) is 0.145. The molecule has 0 amide bonds. The summed E-state index contributed by atoms with van der Waals surface area (Å²) in [6.07, 6.45) is 4.59. The molecule has 0 spiro atoms. The Morgan fingerprint density at radius 2 is 1.88 bits per heavy atom. The van der Waals surface area contributed by atoms with Gasteiger partial charge in [-0.05, 0) is 48.7 Å². The van der Waals surface area contributed by atoms with E-state index >= 15 is 4.39 Å². The Bertz CT molecular complexity index is 1480. The third-order valence-electron chi connectivity index (χ3n) is 7.41. The van der Waals surface area contributed by atoms with Crippen LogP contribution in [-0.4, -0.2) is 71.5 Å². The summed E-state index contributed by atoms with van der Waals surface area (Å²) < 4.78 is 27.1. The summed E-state index contributed by atoms with van der Waals surface area (Å²) in [6.45, 7) is 3.91. The van der Waals surface area contributed by atoms with Crippen molar-refractivity contribution in [1.82, 2.24) is 25.6 Å². The van der Waals surface area contributed by atoms with Crippen LogP contribution < -0.4 is 71.7 Å². The largest absolute Gasteiger partial charge is 1.00 e. The number of hydrogen-bond acceptors (Lipinski definition) is 9. The Morgan fingerprint density at radius 1 is 1.07 bits per heavy atom. The summed E-state index contributed by atoms with van der Waals surface area (Å²) in [5.41, 5.74) is 0.789. The number of rotatable bonds is 10. The fourth-order valence-electron chi connectivity index (χ4n) is 5.61. The monoisotopic (exact) mass is 570 g/mol. The van der Waals surface area contributed by atoms with Crippen molar-refractivity contribution in [1.29, 1.82) is 0 Å². The van der Waals surface area contributed by atoms with Crippen molar-refractivity contribution in [2.75, 3.05) is 44.3 Å². The van der Waals surface area contributed by atoms with Crippen LogP contribution >= 0.6 is 0 Å². The van der Waals surface area contributed by atoms with Crippen LogP contribution in [-0.2, 0) is 4.74 Å². The van der Waals surface area contributed by atoms with Crippen molar-refractivity contribution in [3.05, 3.63) is 55.5 Å². The van der Waals surface area contributed by atoms with E-state index in [9.17, 15) is 5.11 Å². The summed E-state index contributed by atoms with van der Waals surface area (Å²) in [5, 5.41) is 19.4. The number of aromatic hydroxyl groups is 1. The average molecular weight is 571 g/mol. The van der Waals surface area contributed by atoms with E-state index in [4.69, 9.17) is 14.5 Å². The van der Waals surface area contributed by atoms with Gasteiger partial charge in [-0.15, -0.1) is 0 Å². The first-order valence-electron chi connectivity index (χ1n) is 13.4. The van der Waals surface area contributed by atoms with Gasteiger partial charge in [0.15, 0.2) is 5.82 Å². The Hall–Kier alpha value is -1.96. The first-order valence-corrected chi connectivity index (χ1v) is 13.4. The number of phenolic OH excluding ortho intramolecular Hbond substituents is 1. The Morgan fingerprint density at radius 3 is 2.67 bits per heavy atom. The molecule has 204 valence electrons. The topological polar surface area (TPSA) is 105 Å². The Balaban J connectivity index is 0.00000323. The molecule has 2 aromatic heterocycles. The van der Waals surface area contributed by atoms with Crippen molar-refractivity contribution in [2.45, 2.75) is 31.3 Å². The first-order chi connectivity index (χ1) is 19.1. The van der Waals surface area contributed by atoms with E-state index in [2.05, 4.69) is 32.6 Å². The van der Waals surface area contributed by atoms with E-state index in [0.29, 0.717) is 48.6 Å². The summed E-state index contributed by atoms with van der Waals surface area (Å²) >= 11 is 0. The number of pyridine rings is 1. The van der Waals surface area contributed by atoms with Crippen molar-refractivity contribution in [2.24, 2.45) is 0 Å². The van der Waals surface area contributed by atoms with Gasteiger partial charge in [-0.25, -0.2) is 11.5 Å². The molecule has 40 heavy (non-hydrogen) atoms. The van der Waals surface area contributed by atoms with Gasteiger partial charge in [-0.1, -0.05) is 24.3 Å². The number of benzene rings is 2. The van der Waals surface area contributed by atoms with Crippen LogP contribution in [0.25, 0.3) is 32.9 Å². The minimum atomic E-state index is -0.565. The van der Waals surface area contributed by atoms with Gasteiger partial charge in [-0.2, -0.15) is 9.97 Å². The van der Waals surface area contributed by atoms with E-state index in [0.717, 1.165) is 49.7 Å². The van der Waals surface area contributed by atoms with E-state index < -0.39 is 5.82 Å². The molecular formula is C29H32FKN6O3. The van der Waals surface area contributed by atoms with Gasteiger partial charge in [0.1, 0.15) is 22.8 Å². The van der Waals surface area contributed by atoms with E-state index in [1.165, 1.54) is 0 Å². The number of ether oxygens (including phenoxy) is 2. The normalized spacial score (nSPS) is 18.3. The molecule has 9 nitrogen and oxygen atoms in total. The van der Waals surface area contributed by atoms with Crippen LogP contribution in [0.2, 0.25) is 0 Å². The van der Waals surface area contributed by atoms with Crippen molar-refractivity contribution >= 4 is 27.5 Å². The number of anilines is 1. The molecule has 6 rings (SSSR count). The molecule has 0 radical (unpaired) electrons. The van der Waals surface area contributed by atoms with Crippen LogP contribution in [0.3, 0.4) is 0 Å². The summed E-state index contributed by atoms with van der Waals surface area (Å²) in [4.78, 5) is 16.0. The summed E-state index contributed by atoms with van der Waals surface area (Å²) in [6, 6.07) is 11.6. The molecule has 4 aromatic rings. The van der Waals surface area contributed by atoms with E-state index in [1.54, 1.807) is 18.3 Å². The van der Waals surface area contributed by atoms with Gasteiger partial charge < -0.3 is 30.1 Å². The fraction of sp³-hybridized carbons (Fsp3) is 0.379. The molecule has 0 saturated carbocycles. The van der Waals surface area contributed by atoms with Gasteiger partial charge in [-0.3, -0.25) is 4.98 Å². The SMILES string of the molecule is [CH2-]OCCNCCCOc1nc(N2CC3CCC(C2)N3)c2cnc(-c3cc(O)cc4ccccc34)c(F)c2n1.[K+]. The molecule has 2 aliphatic heterocycles. The zero-order valence-corrected chi connectivity index (χ0v) is 25.8. The number of piperazine rings is 1. The van der Waals surface area contributed by atoms with Crippen LogP contribution in [0.1, 0.15) is 19.3 Å². The fourth-order valence-corrected chi connectivity index (χ4v) is 5.61. The molecule has 11 heteroatoms. The number of phenols is 1. The molecule has 2 saturated heterocycles. The Labute approximate surface area is 275 Å². The maximum absolute atomic E-state index is 16.3. The zero-order valence-electron chi connectivity index (χ0n) is 22.7. The maximum Gasteiger partial charge on any atom is 1.00 e. The standard InChI is InChI=1S/C29H32FN6O3.K/c1-38-12-10-31-9-4-11-39-29-34-27-24(28(35-29)36-16-19-7-8-20(17-36)33-19)15-32-26(25(27)30)23-14-21(37)13-18-5-2-3-6-22(18)23;/h2-3,5-6,13-15,19-20,31,33,37H,1,4,7-12,16-17H2;/q-1;+1. The number of hydrogen-bond donors (Lipinski definition) is 3. The van der Waals surface area contributed by atoms with Crippen LogP contribution in [0, 0.1) is 12.9 Å². The smallest absolute Gasteiger partial charge is 0.554 e. The van der Waals surface area contributed by atoms with Crippen LogP contribution in [0.15, 0.2) is 42.6 Å². The number of halogens is 1. The molecule has 2 aliphatic rings. The molecule has 2 unspecified atom stereocenters. The van der Waals surface area contributed by atoms with Gasteiger partial charge in [0.05, 0.1) is 12.0 Å². The first kappa shape index (κ1) is 29.5. The summed E-state index contributed by atoms with van der Waals surface area (Å²) in [7, 11) is 3.36. The van der Waals surface area contributed by atoms with E-state index in [1.807, 2.05) is 24.3 Å². The van der Waals surface area contributed by atoms with Crippen molar-refractivity contribution in [3.63, 3.8) is 0 Å². The third-order valence-corrected chi connectivity index (χ3v) is 7.41. The minimum absolute atomic E-state index is 0. The minimum Gasteiger partial charge on any atom is -0.554 e. The molecule has 4 heterocycles. The maximum atomic E-state index is 16.3. The van der Waals surface area contributed by atoms with Gasteiger partial charge >= 0.3 is 57.4 Å². The molecule has 2 aromatic carbocycles. The van der Waals surface area contributed by atoms with Gasteiger partial charge in [0.2, 0.25) is 0 Å². The van der Waals surface area contributed by atoms with Crippen molar-refractivity contribution in [3.8, 4) is 23.0 Å². The van der Waals surface area contributed by atoms with Crippen molar-refractivity contribution < 1.29 is 70.4 Å². The molecule has 2 atom stereocenters.